The molecule has 98 valence electrons. The van der Waals surface area contributed by atoms with Gasteiger partial charge in [0, 0.05) is 17.1 Å². The van der Waals surface area contributed by atoms with Gasteiger partial charge in [-0.15, -0.1) is 0 Å². The van der Waals surface area contributed by atoms with Crippen LogP contribution in [0.15, 0.2) is 54.7 Å². The number of fused-ring (bicyclic) bond motifs is 2. The van der Waals surface area contributed by atoms with E-state index in [1.54, 1.807) is 0 Å². The second-order valence-electron chi connectivity index (χ2n) is 4.89. The van der Waals surface area contributed by atoms with E-state index in [1.165, 1.54) is 10.9 Å². The van der Waals surface area contributed by atoms with Crippen LogP contribution in [0.4, 0.5) is 0 Å². The van der Waals surface area contributed by atoms with E-state index in [0.29, 0.717) is 0 Å². The molecule has 3 nitrogen and oxygen atoms in total. The molecule has 4 aromatic rings. The zero-order valence-corrected chi connectivity index (χ0v) is 11.6. The smallest absolute Gasteiger partial charge is 0.178 e. The van der Waals surface area contributed by atoms with Crippen molar-refractivity contribution in [3.63, 3.8) is 0 Å². The number of H-pyrrole nitrogens is 2. The Hall–Kier alpha value is -2.33. The lowest BCUT2D eigenvalue weighted by Gasteiger charge is -2.03. The average Bonchev–Trinajstić information content (AvgIpc) is 3.02. The standard InChI is InChI=1S/C16H13N3S/c20-16-18-14-7-3-4-8-15(14)19(16)10-11-9-17-13-6-2-1-5-12(11)13/h1-9,17H,10H2,(H,18,20). The Morgan fingerprint density at radius 3 is 2.60 bits per heavy atom. The molecule has 2 aromatic heterocycles. The fourth-order valence-electron chi connectivity index (χ4n) is 2.70. The predicted octanol–water partition coefficient (Wildman–Crippen LogP) is 4.23. The molecule has 0 aliphatic carbocycles. The summed E-state index contributed by atoms with van der Waals surface area (Å²) in [7, 11) is 0. The number of hydrogen-bond donors (Lipinski definition) is 2. The molecule has 0 bridgehead atoms. The van der Waals surface area contributed by atoms with E-state index in [2.05, 4.69) is 51.1 Å². The van der Waals surface area contributed by atoms with Gasteiger partial charge in [-0.3, -0.25) is 0 Å². The Morgan fingerprint density at radius 1 is 0.950 bits per heavy atom. The summed E-state index contributed by atoms with van der Waals surface area (Å²) in [6, 6.07) is 16.5. The molecular formula is C16H13N3S. The molecule has 0 saturated heterocycles. The first-order valence-corrected chi connectivity index (χ1v) is 6.96. The number of para-hydroxylation sites is 3. The van der Waals surface area contributed by atoms with Gasteiger partial charge in [0.1, 0.15) is 0 Å². The first-order valence-electron chi connectivity index (χ1n) is 6.55. The first kappa shape index (κ1) is 11.5. The van der Waals surface area contributed by atoms with Crippen LogP contribution in [0.5, 0.6) is 0 Å². The molecule has 2 aromatic carbocycles. The molecule has 2 heterocycles. The topological polar surface area (TPSA) is 36.5 Å². The lowest BCUT2D eigenvalue weighted by atomic mass is 10.2. The molecule has 2 N–H and O–H groups in total. The number of nitrogens with one attached hydrogen (secondary N) is 2. The van der Waals surface area contributed by atoms with Crippen LogP contribution < -0.4 is 0 Å². The van der Waals surface area contributed by atoms with Crippen LogP contribution in [-0.2, 0) is 6.54 Å². The van der Waals surface area contributed by atoms with Crippen molar-refractivity contribution in [2.75, 3.05) is 0 Å². The highest BCUT2D eigenvalue weighted by Gasteiger charge is 2.07. The molecular weight excluding hydrogens is 266 g/mol. The third-order valence-corrected chi connectivity index (χ3v) is 4.01. The van der Waals surface area contributed by atoms with E-state index in [1.807, 2.05) is 18.2 Å². The van der Waals surface area contributed by atoms with Crippen molar-refractivity contribution < 1.29 is 0 Å². The van der Waals surface area contributed by atoms with E-state index in [0.717, 1.165) is 27.9 Å². The monoisotopic (exact) mass is 279 g/mol. The van der Waals surface area contributed by atoms with Crippen LogP contribution in [0.2, 0.25) is 0 Å². The van der Waals surface area contributed by atoms with E-state index >= 15 is 0 Å². The van der Waals surface area contributed by atoms with E-state index in [-0.39, 0.29) is 0 Å². The molecule has 20 heavy (non-hydrogen) atoms. The van der Waals surface area contributed by atoms with Crippen molar-refractivity contribution in [2.45, 2.75) is 6.54 Å². The Morgan fingerprint density at radius 2 is 1.70 bits per heavy atom. The Labute approximate surface area is 120 Å². The van der Waals surface area contributed by atoms with Crippen molar-refractivity contribution in [3.8, 4) is 0 Å². The first-order chi connectivity index (χ1) is 9.83. The number of aromatic amines is 2. The molecule has 0 aliphatic rings. The third-order valence-electron chi connectivity index (χ3n) is 3.68. The number of aromatic nitrogens is 3. The number of rotatable bonds is 2. The molecule has 0 atom stereocenters. The highest BCUT2D eigenvalue weighted by molar-refractivity contribution is 7.71. The largest absolute Gasteiger partial charge is 0.361 e. The molecule has 0 unspecified atom stereocenters. The predicted molar refractivity (Wildman–Crippen MR) is 84.5 cm³/mol. The van der Waals surface area contributed by atoms with Gasteiger partial charge in [-0.25, -0.2) is 0 Å². The molecule has 4 heteroatoms. The van der Waals surface area contributed by atoms with E-state index in [9.17, 15) is 0 Å². The minimum absolute atomic E-state index is 0.761. The highest BCUT2D eigenvalue weighted by Crippen LogP contribution is 2.21. The zero-order chi connectivity index (χ0) is 13.5. The van der Waals surface area contributed by atoms with E-state index in [4.69, 9.17) is 12.2 Å². The highest BCUT2D eigenvalue weighted by atomic mass is 32.1. The number of benzene rings is 2. The van der Waals surface area contributed by atoms with Gasteiger partial charge in [-0.2, -0.15) is 0 Å². The molecule has 0 aliphatic heterocycles. The summed E-state index contributed by atoms with van der Waals surface area (Å²) in [5, 5.41) is 1.25. The van der Waals surface area contributed by atoms with Gasteiger partial charge in [0.15, 0.2) is 4.77 Å². The quantitative estimate of drug-likeness (QED) is 0.529. The van der Waals surface area contributed by atoms with E-state index < -0.39 is 0 Å². The van der Waals surface area contributed by atoms with Crippen LogP contribution in [0.3, 0.4) is 0 Å². The lowest BCUT2D eigenvalue weighted by Crippen LogP contribution is -1.98. The summed E-state index contributed by atoms with van der Waals surface area (Å²) in [5.41, 5.74) is 4.63. The third kappa shape index (κ3) is 1.69. The maximum atomic E-state index is 5.45. The minimum atomic E-state index is 0.761. The molecule has 0 fully saturated rings. The van der Waals surface area contributed by atoms with Gasteiger partial charge in [0.2, 0.25) is 0 Å². The second-order valence-corrected chi connectivity index (χ2v) is 5.28. The fraction of sp³-hybridized carbons (Fsp3) is 0.0625. The van der Waals surface area contributed by atoms with Gasteiger partial charge in [0.05, 0.1) is 17.6 Å². The normalized spacial score (nSPS) is 11.4. The molecule has 0 radical (unpaired) electrons. The Kier molecular flexibility index (Phi) is 2.50. The van der Waals surface area contributed by atoms with Crippen molar-refractivity contribution >= 4 is 34.2 Å². The summed E-state index contributed by atoms with van der Waals surface area (Å²) < 4.78 is 2.90. The van der Waals surface area contributed by atoms with Crippen molar-refractivity contribution in [1.29, 1.82) is 0 Å². The van der Waals surface area contributed by atoms with Crippen LogP contribution in [-0.4, -0.2) is 14.5 Å². The summed E-state index contributed by atoms with van der Waals surface area (Å²) in [4.78, 5) is 6.57. The SMILES string of the molecule is S=c1[nH]c2ccccc2n1Cc1c[nH]c2ccccc12. The second kappa shape index (κ2) is 4.35. The van der Waals surface area contributed by atoms with Crippen molar-refractivity contribution in [3.05, 3.63) is 65.1 Å². The zero-order valence-electron chi connectivity index (χ0n) is 10.8. The molecule has 0 amide bonds. The molecule has 0 saturated carbocycles. The molecule has 0 spiro atoms. The maximum absolute atomic E-state index is 5.45. The van der Waals surface area contributed by atoms with Gasteiger partial charge in [0.25, 0.3) is 0 Å². The van der Waals surface area contributed by atoms with Crippen molar-refractivity contribution in [2.24, 2.45) is 0 Å². The Bertz CT molecular complexity index is 958. The maximum Gasteiger partial charge on any atom is 0.178 e. The van der Waals surface area contributed by atoms with Crippen LogP contribution in [0.25, 0.3) is 21.9 Å². The number of imidazole rings is 1. The fourth-order valence-corrected chi connectivity index (χ4v) is 2.97. The average molecular weight is 279 g/mol. The Balaban J connectivity index is 1.89. The van der Waals surface area contributed by atoms with Gasteiger partial charge in [-0.05, 0) is 36.0 Å². The summed E-state index contributed by atoms with van der Waals surface area (Å²) >= 11 is 5.45. The van der Waals surface area contributed by atoms with Gasteiger partial charge < -0.3 is 14.5 Å². The summed E-state index contributed by atoms with van der Waals surface area (Å²) in [5.74, 6) is 0. The number of nitrogens with zero attached hydrogens (tertiary/aromatic N) is 1. The van der Waals surface area contributed by atoms with Gasteiger partial charge in [-0.1, -0.05) is 30.3 Å². The summed E-state index contributed by atoms with van der Waals surface area (Å²) in [6.45, 7) is 0.771. The number of hydrogen-bond acceptors (Lipinski definition) is 1. The minimum Gasteiger partial charge on any atom is -0.361 e. The van der Waals surface area contributed by atoms with Crippen molar-refractivity contribution in [1.82, 2.24) is 14.5 Å². The van der Waals surface area contributed by atoms with Crippen LogP contribution in [0, 0.1) is 4.77 Å². The van der Waals surface area contributed by atoms with Crippen LogP contribution >= 0.6 is 12.2 Å². The summed E-state index contributed by atoms with van der Waals surface area (Å²) in [6.07, 6.45) is 2.06. The molecule has 4 rings (SSSR count). The van der Waals surface area contributed by atoms with Crippen LogP contribution in [0.1, 0.15) is 5.56 Å². The lowest BCUT2D eigenvalue weighted by molar-refractivity contribution is 0.815. The van der Waals surface area contributed by atoms with Gasteiger partial charge >= 0.3 is 0 Å².